The van der Waals surface area contributed by atoms with Crippen LogP contribution in [0.2, 0.25) is 0 Å². The zero-order valence-electron chi connectivity index (χ0n) is 19.3. The normalized spacial score (nSPS) is 12.6. The number of aryl methyl sites for hydroxylation is 2. The zero-order valence-corrected chi connectivity index (χ0v) is 20.1. The minimum absolute atomic E-state index is 0.0243. The first kappa shape index (κ1) is 22.2. The fourth-order valence-corrected chi connectivity index (χ4v) is 5.30. The first-order valence-electron chi connectivity index (χ1n) is 11.4. The van der Waals surface area contributed by atoms with E-state index in [0.29, 0.717) is 11.7 Å². The van der Waals surface area contributed by atoms with E-state index in [-0.39, 0.29) is 11.7 Å². The van der Waals surface area contributed by atoms with Crippen molar-refractivity contribution in [1.29, 1.82) is 0 Å². The van der Waals surface area contributed by atoms with E-state index in [1.54, 1.807) is 7.11 Å². The summed E-state index contributed by atoms with van der Waals surface area (Å²) in [5.41, 5.74) is 5.18. The molecule has 1 amide bonds. The number of nitrogens with zero attached hydrogens (tertiary/aromatic N) is 4. The maximum atomic E-state index is 13.7. The van der Waals surface area contributed by atoms with Crippen LogP contribution in [0.5, 0.6) is 5.75 Å². The van der Waals surface area contributed by atoms with E-state index in [2.05, 4.69) is 29.3 Å². The number of carbonyl (C=O) groups excluding carboxylic acids is 1. The molecule has 34 heavy (non-hydrogen) atoms. The van der Waals surface area contributed by atoms with Gasteiger partial charge in [0.2, 0.25) is 5.91 Å². The molecule has 1 aliphatic heterocycles. The third kappa shape index (κ3) is 4.07. The summed E-state index contributed by atoms with van der Waals surface area (Å²) in [6, 6.07) is 24.1. The Morgan fingerprint density at radius 3 is 2.18 bits per heavy atom. The molecule has 0 saturated carbocycles. The van der Waals surface area contributed by atoms with Crippen molar-refractivity contribution >= 4 is 29.0 Å². The van der Waals surface area contributed by atoms with Crippen molar-refractivity contribution in [2.75, 3.05) is 17.8 Å². The summed E-state index contributed by atoms with van der Waals surface area (Å²) in [4.78, 5) is 15.5. The molecule has 0 aliphatic carbocycles. The smallest absolute Gasteiger partial charge is 0.242 e. The van der Waals surface area contributed by atoms with Gasteiger partial charge in [0.05, 0.1) is 29.8 Å². The van der Waals surface area contributed by atoms with E-state index in [9.17, 15) is 4.79 Å². The molecule has 0 spiro atoms. The highest BCUT2D eigenvalue weighted by molar-refractivity contribution is 7.99. The van der Waals surface area contributed by atoms with E-state index >= 15 is 0 Å². The fraction of sp³-hybridized carbons (Fsp3) is 0.222. The fourth-order valence-electron chi connectivity index (χ4n) is 4.45. The van der Waals surface area contributed by atoms with E-state index in [0.717, 1.165) is 41.4 Å². The number of amides is 1. The average Bonchev–Trinajstić information content (AvgIpc) is 3.22. The predicted molar refractivity (Wildman–Crippen MR) is 136 cm³/mol. The second-order valence-electron chi connectivity index (χ2n) is 8.03. The number of para-hydroxylation sites is 3. The third-order valence-electron chi connectivity index (χ3n) is 6.08. The summed E-state index contributed by atoms with van der Waals surface area (Å²) in [5, 5.41) is 9.56. The van der Waals surface area contributed by atoms with Gasteiger partial charge in [0.15, 0.2) is 11.0 Å². The van der Waals surface area contributed by atoms with Gasteiger partial charge in [-0.3, -0.25) is 9.69 Å². The van der Waals surface area contributed by atoms with Crippen LogP contribution in [0.1, 0.15) is 18.1 Å². The molecular formula is C27H26N4O2S. The molecule has 172 valence electrons. The summed E-state index contributed by atoms with van der Waals surface area (Å²) in [5.74, 6) is 1.76. The van der Waals surface area contributed by atoms with E-state index in [1.165, 1.54) is 22.9 Å². The molecule has 0 radical (unpaired) electrons. The Bertz CT molecular complexity index is 1290. The number of methoxy groups -OCH3 is 1. The van der Waals surface area contributed by atoms with Crippen LogP contribution in [0, 0.1) is 0 Å². The van der Waals surface area contributed by atoms with Crippen molar-refractivity contribution < 1.29 is 9.53 Å². The largest absolute Gasteiger partial charge is 0.496 e. The SMILES string of the molecule is CCn1c(SCC(=O)N2c3ccccc3CCc3ccccc32)nnc1-c1ccccc1OC. The molecule has 0 N–H and O–H groups in total. The molecule has 4 aromatic rings. The summed E-state index contributed by atoms with van der Waals surface area (Å²) in [6.45, 7) is 2.74. The van der Waals surface area contributed by atoms with E-state index < -0.39 is 0 Å². The van der Waals surface area contributed by atoms with Gasteiger partial charge in [-0.2, -0.15) is 0 Å². The summed E-state index contributed by atoms with van der Waals surface area (Å²) < 4.78 is 7.54. The lowest BCUT2D eigenvalue weighted by atomic mass is 10.0. The monoisotopic (exact) mass is 470 g/mol. The second-order valence-corrected chi connectivity index (χ2v) is 8.97. The molecule has 3 aromatic carbocycles. The Balaban J connectivity index is 1.44. The Labute approximate surface area is 203 Å². The Hall–Kier alpha value is -3.58. The highest BCUT2D eigenvalue weighted by Gasteiger charge is 2.26. The Kier molecular flexibility index (Phi) is 6.36. The quantitative estimate of drug-likeness (QED) is 0.347. The predicted octanol–water partition coefficient (Wildman–Crippen LogP) is 5.53. The van der Waals surface area contributed by atoms with Crippen LogP contribution in [0.15, 0.2) is 78.0 Å². The van der Waals surface area contributed by atoms with Crippen LogP contribution in [0.3, 0.4) is 0 Å². The molecule has 0 fully saturated rings. The molecule has 7 heteroatoms. The van der Waals surface area contributed by atoms with Crippen LogP contribution in [0.4, 0.5) is 11.4 Å². The first-order valence-corrected chi connectivity index (χ1v) is 12.4. The third-order valence-corrected chi connectivity index (χ3v) is 7.04. The van der Waals surface area contributed by atoms with Crippen molar-refractivity contribution in [2.24, 2.45) is 0 Å². The van der Waals surface area contributed by atoms with Crippen molar-refractivity contribution in [2.45, 2.75) is 31.5 Å². The Morgan fingerprint density at radius 2 is 1.53 bits per heavy atom. The standard InChI is InChI=1S/C27H26N4O2S/c1-3-30-26(21-12-6-9-15-24(21)33-2)28-29-27(30)34-18-25(32)31-22-13-7-4-10-19(22)16-17-20-11-5-8-14-23(20)31/h4-15H,3,16-18H2,1-2H3. The molecule has 6 nitrogen and oxygen atoms in total. The number of rotatable bonds is 6. The van der Waals surface area contributed by atoms with Crippen molar-refractivity contribution in [3.63, 3.8) is 0 Å². The minimum atomic E-state index is 0.0243. The number of anilines is 2. The molecule has 1 aliphatic rings. The topological polar surface area (TPSA) is 60.2 Å². The van der Waals surface area contributed by atoms with Crippen LogP contribution < -0.4 is 9.64 Å². The van der Waals surface area contributed by atoms with Crippen molar-refractivity contribution in [1.82, 2.24) is 14.8 Å². The number of thioether (sulfide) groups is 1. The van der Waals surface area contributed by atoms with Gasteiger partial charge < -0.3 is 9.30 Å². The lowest BCUT2D eigenvalue weighted by Gasteiger charge is -2.24. The zero-order chi connectivity index (χ0) is 23.5. The van der Waals surface area contributed by atoms with Crippen LogP contribution in [0.25, 0.3) is 11.4 Å². The van der Waals surface area contributed by atoms with Crippen molar-refractivity contribution in [3.8, 4) is 17.1 Å². The molecule has 0 saturated heterocycles. The molecule has 2 heterocycles. The lowest BCUT2D eigenvalue weighted by molar-refractivity contribution is -0.115. The molecule has 0 unspecified atom stereocenters. The molecular weight excluding hydrogens is 444 g/mol. The van der Waals surface area contributed by atoms with Crippen LogP contribution in [-0.4, -0.2) is 33.5 Å². The van der Waals surface area contributed by atoms with Gasteiger partial charge in [0.1, 0.15) is 5.75 Å². The van der Waals surface area contributed by atoms with Crippen LogP contribution >= 0.6 is 11.8 Å². The number of ether oxygens (including phenoxy) is 1. The summed E-state index contributed by atoms with van der Waals surface area (Å²) in [6.07, 6.45) is 1.83. The molecule has 0 atom stereocenters. The Morgan fingerprint density at radius 1 is 0.912 bits per heavy atom. The maximum absolute atomic E-state index is 13.7. The van der Waals surface area contributed by atoms with Crippen molar-refractivity contribution in [3.05, 3.63) is 83.9 Å². The number of benzene rings is 3. The minimum Gasteiger partial charge on any atom is -0.496 e. The summed E-state index contributed by atoms with van der Waals surface area (Å²) >= 11 is 1.42. The lowest BCUT2D eigenvalue weighted by Crippen LogP contribution is -2.28. The average molecular weight is 471 g/mol. The first-order chi connectivity index (χ1) is 16.7. The second kappa shape index (κ2) is 9.73. The van der Waals surface area contributed by atoms with Gasteiger partial charge in [0, 0.05) is 6.54 Å². The van der Waals surface area contributed by atoms with E-state index in [4.69, 9.17) is 4.74 Å². The van der Waals surface area contributed by atoms with Crippen LogP contribution in [-0.2, 0) is 24.2 Å². The number of fused-ring (bicyclic) bond motifs is 2. The summed E-state index contributed by atoms with van der Waals surface area (Å²) in [7, 11) is 1.65. The number of hydrogen-bond acceptors (Lipinski definition) is 5. The molecule has 0 bridgehead atoms. The number of aromatic nitrogens is 3. The molecule has 1 aromatic heterocycles. The maximum Gasteiger partial charge on any atom is 0.242 e. The highest BCUT2D eigenvalue weighted by atomic mass is 32.2. The highest BCUT2D eigenvalue weighted by Crippen LogP contribution is 2.37. The van der Waals surface area contributed by atoms with Gasteiger partial charge in [-0.05, 0) is 55.2 Å². The number of carbonyl (C=O) groups is 1. The van der Waals surface area contributed by atoms with Gasteiger partial charge >= 0.3 is 0 Å². The van der Waals surface area contributed by atoms with Gasteiger partial charge in [-0.15, -0.1) is 10.2 Å². The number of hydrogen-bond donors (Lipinski definition) is 0. The van der Waals surface area contributed by atoms with Gasteiger partial charge in [-0.25, -0.2) is 0 Å². The molecule has 5 rings (SSSR count). The van der Waals surface area contributed by atoms with E-state index in [1.807, 2.05) is 70.1 Å². The van der Waals surface area contributed by atoms with Gasteiger partial charge in [-0.1, -0.05) is 60.3 Å². The van der Waals surface area contributed by atoms with Gasteiger partial charge in [0.25, 0.3) is 0 Å².